The van der Waals surface area contributed by atoms with Gasteiger partial charge in [-0.05, 0) is 0 Å². The number of ether oxygens (including phenoxy) is 2. The predicted molar refractivity (Wildman–Crippen MR) is 153 cm³/mol. The van der Waals surface area contributed by atoms with Gasteiger partial charge in [0.15, 0.2) is 0 Å². The van der Waals surface area contributed by atoms with Crippen LogP contribution in [0.1, 0.15) is 105 Å². The summed E-state index contributed by atoms with van der Waals surface area (Å²) < 4.78 is 17.1. The van der Waals surface area contributed by atoms with E-state index < -0.39 is 29.6 Å². The van der Waals surface area contributed by atoms with Crippen molar-refractivity contribution in [2.75, 3.05) is 6.54 Å². The van der Waals surface area contributed by atoms with E-state index >= 15 is 0 Å². The maximum absolute atomic E-state index is 13.9. The molecule has 1 saturated heterocycles. The molecule has 1 aromatic carbocycles. The zero-order valence-electron chi connectivity index (χ0n) is 24.1. The molecule has 1 spiro atoms. The maximum atomic E-state index is 13.9. The third-order valence-electron chi connectivity index (χ3n) is 7.97. The molecule has 1 fully saturated rings. The van der Waals surface area contributed by atoms with Crippen LogP contribution in [0.4, 0.5) is 4.79 Å². The Hall–Kier alpha value is -1.50. The third kappa shape index (κ3) is 7.13. The Kier molecular flexibility index (Phi) is 10.6. The van der Waals surface area contributed by atoms with Crippen molar-refractivity contribution in [2.24, 2.45) is 0 Å². The average molecular weight is 618 g/mol. The SMILES string of the molecule is CCC[CH2][Sn]([CH2]CCC)([CH2]CCC)[C]1=C[C@@]2(CCCN(C(=O)OC(C)(C)C)[C@H]2c2ccccc2)OC1=O. The molecule has 2 aliphatic rings. The van der Waals surface area contributed by atoms with E-state index in [0.29, 0.717) is 6.54 Å². The van der Waals surface area contributed by atoms with Crippen LogP contribution in [-0.4, -0.2) is 53.1 Å². The summed E-state index contributed by atoms with van der Waals surface area (Å²) in [6.07, 6.45) is 10.5. The van der Waals surface area contributed by atoms with Crippen LogP contribution >= 0.6 is 0 Å². The first-order chi connectivity index (χ1) is 17.6. The molecule has 2 heterocycles. The molecule has 0 N–H and O–H groups in total. The summed E-state index contributed by atoms with van der Waals surface area (Å²) in [5, 5.41) is 0. The number of hydrogen-bond acceptors (Lipinski definition) is 4. The van der Waals surface area contributed by atoms with Crippen LogP contribution in [0.15, 0.2) is 40.0 Å². The minimum atomic E-state index is -3.04. The summed E-state index contributed by atoms with van der Waals surface area (Å²) in [6, 6.07) is 9.71. The monoisotopic (exact) mass is 619 g/mol. The molecule has 0 radical (unpaired) electrons. The Morgan fingerprint density at radius 2 is 1.59 bits per heavy atom. The van der Waals surface area contributed by atoms with Crippen LogP contribution < -0.4 is 0 Å². The van der Waals surface area contributed by atoms with Crippen LogP contribution in [-0.2, 0) is 14.3 Å². The van der Waals surface area contributed by atoms with Crippen molar-refractivity contribution in [1.82, 2.24) is 4.90 Å². The van der Waals surface area contributed by atoms with Crippen molar-refractivity contribution in [3.05, 3.63) is 45.6 Å². The molecule has 206 valence electrons. The molecule has 2 atom stereocenters. The first-order valence-corrected chi connectivity index (χ1v) is 22.1. The van der Waals surface area contributed by atoms with E-state index in [-0.39, 0.29) is 18.1 Å². The van der Waals surface area contributed by atoms with Gasteiger partial charge in [-0.25, -0.2) is 0 Å². The number of hydrogen-bond donors (Lipinski definition) is 0. The van der Waals surface area contributed by atoms with Gasteiger partial charge in [0.1, 0.15) is 0 Å². The molecule has 37 heavy (non-hydrogen) atoms. The number of rotatable bonds is 11. The van der Waals surface area contributed by atoms with Crippen LogP contribution in [0.25, 0.3) is 0 Å². The van der Waals surface area contributed by atoms with Crippen LogP contribution in [0.2, 0.25) is 13.3 Å². The van der Waals surface area contributed by atoms with E-state index in [1.165, 1.54) is 32.6 Å². The summed E-state index contributed by atoms with van der Waals surface area (Å²) >= 11 is -3.04. The van der Waals surface area contributed by atoms with E-state index in [4.69, 9.17) is 9.47 Å². The van der Waals surface area contributed by atoms with Gasteiger partial charge < -0.3 is 0 Å². The van der Waals surface area contributed by atoms with E-state index in [1.807, 2.05) is 43.9 Å². The van der Waals surface area contributed by atoms with Crippen molar-refractivity contribution in [2.45, 2.75) is 123 Å². The number of nitrogens with zero attached hydrogens (tertiary/aromatic N) is 1. The van der Waals surface area contributed by atoms with Crippen molar-refractivity contribution in [3.8, 4) is 0 Å². The number of carbonyl (C=O) groups is 2. The van der Waals surface area contributed by atoms with Gasteiger partial charge in [0.05, 0.1) is 0 Å². The van der Waals surface area contributed by atoms with Crippen molar-refractivity contribution >= 4 is 30.4 Å². The molecule has 1 amide bonds. The van der Waals surface area contributed by atoms with Crippen molar-refractivity contribution in [3.63, 3.8) is 0 Å². The van der Waals surface area contributed by atoms with Crippen molar-refractivity contribution < 1.29 is 19.1 Å². The average Bonchev–Trinajstić information content (AvgIpc) is 3.19. The van der Waals surface area contributed by atoms with Gasteiger partial charge in [-0.15, -0.1) is 0 Å². The summed E-state index contributed by atoms with van der Waals surface area (Å²) in [7, 11) is 0. The fourth-order valence-corrected chi connectivity index (χ4v) is 22.4. The van der Waals surface area contributed by atoms with E-state index in [2.05, 4.69) is 39.0 Å². The normalized spacial score (nSPS) is 22.2. The fourth-order valence-electron chi connectivity index (χ4n) is 6.18. The Morgan fingerprint density at radius 1 is 1.03 bits per heavy atom. The van der Waals surface area contributed by atoms with E-state index in [0.717, 1.165) is 41.3 Å². The van der Waals surface area contributed by atoms with Gasteiger partial charge in [0.25, 0.3) is 0 Å². The Morgan fingerprint density at radius 3 is 2.11 bits per heavy atom. The van der Waals surface area contributed by atoms with Crippen LogP contribution in [0, 0.1) is 0 Å². The fraction of sp³-hybridized carbons (Fsp3) is 0.677. The number of unbranched alkanes of at least 4 members (excludes halogenated alkanes) is 3. The van der Waals surface area contributed by atoms with E-state index in [1.54, 1.807) is 0 Å². The van der Waals surface area contributed by atoms with Gasteiger partial charge in [-0.1, -0.05) is 0 Å². The molecule has 2 aliphatic heterocycles. The minimum absolute atomic E-state index is 0.0916. The topological polar surface area (TPSA) is 55.8 Å². The quantitative estimate of drug-likeness (QED) is 0.185. The Labute approximate surface area is 229 Å². The zero-order valence-corrected chi connectivity index (χ0v) is 27.0. The number of likely N-dealkylation sites (tertiary alicyclic amines) is 1. The van der Waals surface area contributed by atoms with Gasteiger partial charge in [-0.2, -0.15) is 0 Å². The zero-order chi connectivity index (χ0) is 27.1. The third-order valence-corrected chi connectivity index (χ3v) is 23.5. The summed E-state index contributed by atoms with van der Waals surface area (Å²) in [5.41, 5.74) is -0.423. The van der Waals surface area contributed by atoms with Gasteiger partial charge in [-0.3, -0.25) is 0 Å². The molecule has 6 heteroatoms. The molecular formula is C31H49NO4Sn. The van der Waals surface area contributed by atoms with Crippen LogP contribution in [0.5, 0.6) is 0 Å². The standard InChI is InChI=1S/C19H22NO4.3C4H9.Sn/c1-18(2,3)24-17(22)20-13-7-11-19(12-10-15(21)23-19)16(20)14-8-5-4-6-9-14;3*1-3-4-2;/h4-6,8-9,12,16H,7,11,13H2,1-3H3;3*1,3-4H2,2H3;/t16-,19+;;;;/m0..../s1. The molecule has 0 aliphatic carbocycles. The first-order valence-electron chi connectivity index (χ1n) is 14.6. The number of carbonyl (C=O) groups excluding carboxylic acids is 2. The first kappa shape index (κ1) is 30.0. The molecule has 3 rings (SSSR count). The van der Waals surface area contributed by atoms with Gasteiger partial charge in [0.2, 0.25) is 0 Å². The predicted octanol–water partition coefficient (Wildman–Crippen LogP) is 8.37. The second-order valence-corrected chi connectivity index (χ2v) is 25.2. The van der Waals surface area contributed by atoms with Crippen molar-refractivity contribution in [1.29, 1.82) is 0 Å². The summed E-state index contributed by atoms with van der Waals surface area (Å²) in [5.74, 6) is -0.0916. The second kappa shape index (κ2) is 13.0. The Bertz CT molecular complexity index is 917. The summed E-state index contributed by atoms with van der Waals surface area (Å²) in [4.78, 5) is 29.2. The van der Waals surface area contributed by atoms with E-state index in [9.17, 15) is 9.59 Å². The molecule has 1 aromatic rings. The molecule has 0 unspecified atom stereocenters. The molecule has 5 nitrogen and oxygen atoms in total. The van der Waals surface area contributed by atoms with Crippen LogP contribution in [0.3, 0.4) is 0 Å². The summed E-state index contributed by atoms with van der Waals surface area (Å²) in [6.45, 7) is 13.0. The Balaban J connectivity index is 2.12. The molecule has 0 bridgehead atoms. The molecular weight excluding hydrogens is 569 g/mol. The molecule has 0 aromatic heterocycles. The molecule has 0 saturated carbocycles. The van der Waals surface area contributed by atoms with Gasteiger partial charge >= 0.3 is 230 Å². The number of esters is 1. The second-order valence-electron chi connectivity index (χ2n) is 12.1. The number of amides is 1. The number of piperidine rings is 1. The number of benzene rings is 1. The van der Waals surface area contributed by atoms with Gasteiger partial charge in [0, 0.05) is 0 Å².